The van der Waals surface area contributed by atoms with E-state index in [2.05, 4.69) is 35.2 Å². The summed E-state index contributed by atoms with van der Waals surface area (Å²) in [5.74, 6) is 0.484. The van der Waals surface area contributed by atoms with Crippen molar-refractivity contribution >= 4 is 35.2 Å². The third-order valence-corrected chi connectivity index (χ3v) is 4.59. The Balaban J connectivity index is 1.54. The summed E-state index contributed by atoms with van der Waals surface area (Å²) in [6.45, 7) is 1.23. The highest BCUT2D eigenvalue weighted by atomic mass is 32.2. The molecule has 0 aliphatic carbocycles. The van der Waals surface area contributed by atoms with Gasteiger partial charge in [-0.25, -0.2) is 9.97 Å². The highest BCUT2D eigenvalue weighted by molar-refractivity contribution is 7.99. The van der Waals surface area contributed by atoms with Crippen LogP contribution in [0.3, 0.4) is 0 Å². The number of halogens is 3. The SMILES string of the molecule is FC(F)(F)c1ncccc1Sc1cnc2nc(NCC3=CC=NC3)[nH]c2n1. The average molecular weight is 391 g/mol. The van der Waals surface area contributed by atoms with Gasteiger partial charge in [-0.1, -0.05) is 11.8 Å². The molecule has 3 aromatic heterocycles. The van der Waals surface area contributed by atoms with Gasteiger partial charge in [0.25, 0.3) is 0 Å². The Morgan fingerprint density at radius 1 is 1.22 bits per heavy atom. The lowest BCUT2D eigenvalue weighted by Crippen LogP contribution is -2.09. The predicted octanol–water partition coefficient (Wildman–Crippen LogP) is 3.34. The van der Waals surface area contributed by atoms with Crippen LogP contribution >= 0.6 is 11.8 Å². The van der Waals surface area contributed by atoms with Crippen LogP contribution in [0.1, 0.15) is 5.69 Å². The molecule has 3 aromatic rings. The Kier molecular flexibility index (Phi) is 4.52. The molecule has 4 heterocycles. The van der Waals surface area contributed by atoms with E-state index >= 15 is 0 Å². The first kappa shape index (κ1) is 17.5. The van der Waals surface area contributed by atoms with Crippen molar-refractivity contribution in [2.75, 3.05) is 18.4 Å². The number of rotatable bonds is 5. The third-order valence-electron chi connectivity index (χ3n) is 3.63. The number of nitrogens with zero attached hydrogens (tertiary/aromatic N) is 5. The maximum Gasteiger partial charge on any atom is 0.434 e. The van der Waals surface area contributed by atoms with E-state index in [1.807, 2.05) is 6.08 Å². The molecule has 4 rings (SSSR count). The number of hydrogen-bond donors (Lipinski definition) is 2. The standard InChI is InChI=1S/C16H12F3N7S/c17-16(18,19)12-10(2-1-4-21-12)27-11-8-22-13-14(24-11)26-15(25-13)23-7-9-3-5-20-6-9/h1-5,8H,6-7H2,(H2,22,23,24,25,26). The van der Waals surface area contributed by atoms with Crippen molar-refractivity contribution in [2.45, 2.75) is 16.1 Å². The Bertz CT molecular complexity index is 1040. The Morgan fingerprint density at radius 2 is 2.11 bits per heavy atom. The number of allylic oxidation sites excluding steroid dienone is 1. The van der Waals surface area contributed by atoms with Gasteiger partial charge in [-0.2, -0.15) is 18.2 Å². The van der Waals surface area contributed by atoms with E-state index in [0.717, 1.165) is 23.5 Å². The van der Waals surface area contributed by atoms with Gasteiger partial charge in [0, 0.05) is 23.9 Å². The average Bonchev–Trinajstić information content (AvgIpc) is 3.28. The summed E-state index contributed by atoms with van der Waals surface area (Å²) in [6, 6.07) is 2.80. The number of hydrogen-bond acceptors (Lipinski definition) is 7. The lowest BCUT2D eigenvalue weighted by Gasteiger charge is -2.10. The van der Waals surface area contributed by atoms with Gasteiger partial charge in [0.05, 0.1) is 12.7 Å². The molecule has 0 aromatic carbocycles. The third kappa shape index (κ3) is 3.92. The van der Waals surface area contributed by atoms with Gasteiger partial charge in [0.1, 0.15) is 5.03 Å². The quantitative estimate of drug-likeness (QED) is 0.693. The maximum atomic E-state index is 13.1. The molecule has 7 nitrogen and oxygen atoms in total. The molecule has 11 heteroatoms. The fourth-order valence-corrected chi connectivity index (χ4v) is 3.28. The molecule has 0 saturated heterocycles. The highest BCUT2D eigenvalue weighted by Crippen LogP contribution is 2.37. The molecule has 2 N–H and O–H groups in total. The Morgan fingerprint density at radius 3 is 2.89 bits per heavy atom. The molecule has 0 unspecified atom stereocenters. The maximum absolute atomic E-state index is 13.1. The van der Waals surface area contributed by atoms with Crippen LogP contribution in [0.25, 0.3) is 11.3 Å². The van der Waals surface area contributed by atoms with Crippen molar-refractivity contribution in [3.05, 3.63) is 41.9 Å². The summed E-state index contributed by atoms with van der Waals surface area (Å²) in [5.41, 5.74) is 0.928. The van der Waals surface area contributed by atoms with Gasteiger partial charge in [-0.15, -0.1) is 0 Å². The first-order chi connectivity index (χ1) is 13.0. The zero-order valence-corrected chi connectivity index (χ0v) is 14.5. The summed E-state index contributed by atoms with van der Waals surface area (Å²) in [5, 5.41) is 3.42. The molecule has 1 aliphatic heterocycles. The number of aromatic amines is 1. The van der Waals surface area contributed by atoms with Crippen LogP contribution < -0.4 is 5.32 Å². The number of anilines is 1. The lowest BCUT2D eigenvalue weighted by molar-refractivity contribution is -0.143. The van der Waals surface area contributed by atoms with Gasteiger partial charge in [-0.05, 0) is 23.8 Å². The van der Waals surface area contributed by atoms with Crippen LogP contribution in [0.4, 0.5) is 19.1 Å². The number of alkyl halides is 3. The molecule has 1 aliphatic rings. The van der Waals surface area contributed by atoms with Crippen LogP contribution in [0.15, 0.2) is 51.1 Å². The minimum absolute atomic E-state index is 0.0373. The molecule has 27 heavy (non-hydrogen) atoms. The van der Waals surface area contributed by atoms with Gasteiger partial charge in [-0.3, -0.25) is 9.98 Å². The summed E-state index contributed by atoms with van der Waals surface area (Å²) >= 11 is 0.849. The number of H-pyrrole nitrogens is 1. The molecule has 0 spiro atoms. The molecular weight excluding hydrogens is 379 g/mol. The minimum atomic E-state index is -4.54. The number of pyridine rings is 1. The highest BCUT2D eigenvalue weighted by Gasteiger charge is 2.35. The lowest BCUT2D eigenvalue weighted by atomic mass is 10.3. The van der Waals surface area contributed by atoms with E-state index in [0.29, 0.717) is 35.4 Å². The smallest absolute Gasteiger partial charge is 0.352 e. The number of imidazole rings is 1. The van der Waals surface area contributed by atoms with E-state index in [1.165, 1.54) is 18.3 Å². The number of aliphatic imine (C=N–C) groups is 1. The van der Waals surface area contributed by atoms with E-state index < -0.39 is 11.9 Å². The second kappa shape index (κ2) is 6.99. The van der Waals surface area contributed by atoms with Crippen molar-refractivity contribution in [3.8, 4) is 0 Å². The monoisotopic (exact) mass is 391 g/mol. The summed E-state index contributed by atoms with van der Waals surface area (Å²) < 4.78 is 39.2. The molecule has 0 radical (unpaired) electrons. The zero-order chi connectivity index (χ0) is 18.9. The first-order valence-corrected chi connectivity index (χ1v) is 8.65. The Labute approximate surface area is 155 Å². The van der Waals surface area contributed by atoms with Crippen molar-refractivity contribution < 1.29 is 13.2 Å². The van der Waals surface area contributed by atoms with Gasteiger partial charge < -0.3 is 10.3 Å². The van der Waals surface area contributed by atoms with Crippen molar-refractivity contribution in [1.29, 1.82) is 0 Å². The molecule has 0 bridgehead atoms. The van der Waals surface area contributed by atoms with E-state index in [9.17, 15) is 13.2 Å². The largest absolute Gasteiger partial charge is 0.434 e. The van der Waals surface area contributed by atoms with Gasteiger partial charge in [0.2, 0.25) is 5.95 Å². The van der Waals surface area contributed by atoms with Crippen LogP contribution in [0.2, 0.25) is 0 Å². The minimum Gasteiger partial charge on any atom is -0.352 e. The van der Waals surface area contributed by atoms with Gasteiger partial charge in [0.15, 0.2) is 17.0 Å². The van der Waals surface area contributed by atoms with Crippen LogP contribution in [0, 0.1) is 0 Å². The second-order valence-electron chi connectivity index (χ2n) is 5.58. The van der Waals surface area contributed by atoms with Crippen molar-refractivity contribution in [3.63, 3.8) is 0 Å². The molecule has 0 amide bonds. The summed E-state index contributed by atoms with van der Waals surface area (Å²) in [4.78, 5) is 23.2. The Hall–Kier alpha value is -2.95. The fraction of sp³-hybridized carbons (Fsp3) is 0.188. The van der Waals surface area contributed by atoms with Crippen LogP contribution in [-0.4, -0.2) is 44.2 Å². The van der Waals surface area contributed by atoms with Crippen LogP contribution in [0.5, 0.6) is 0 Å². The zero-order valence-electron chi connectivity index (χ0n) is 13.7. The first-order valence-electron chi connectivity index (χ1n) is 7.83. The predicted molar refractivity (Wildman–Crippen MR) is 95.0 cm³/mol. The van der Waals surface area contributed by atoms with Crippen molar-refractivity contribution in [2.24, 2.45) is 4.99 Å². The molecular formula is C16H12F3N7S. The fourth-order valence-electron chi connectivity index (χ4n) is 2.40. The number of aromatic nitrogens is 5. The van der Waals surface area contributed by atoms with Gasteiger partial charge >= 0.3 is 6.18 Å². The van der Waals surface area contributed by atoms with E-state index in [1.54, 1.807) is 6.21 Å². The van der Waals surface area contributed by atoms with E-state index in [-0.39, 0.29) is 4.90 Å². The normalized spacial score (nSPS) is 14.0. The molecule has 138 valence electrons. The summed E-state index contributed by atoms with van der Waals surface area (Å²) in [6.07, 6.45) is 1.63. The van der Waals surface area contributed by atoms with E-state index in [4.69, 9.17) is 0 Å². The molecule has 0 saturated carbocycles. The van der Waals surface area contributed by atoms with Crippen molar-refractivity contribution in [1.82, 2.24) is 24.9 Å². The molecule has 0 atom stereocenters. The van der Waals surface area contributed by atoms with Crippen LogP contribution in [-0.2, 0) is 6.18 Å². The topological polar surface area (TPSA) is 91.7 Å². The second-order valence-corrected chi connectivity index (χ2v) is 6.65. The number of nitrogens with one attached hydrogen (secondary N) is 2. The summed E-state index contributed by atoms with van der Waals surface area (Å²) in [7, 11) is 0. The molecule has 0 fully saturated rings. The number of fused-ring (bicyclic) bond motifs is 1.